The Morgan fingerprint density at radius 3 is 1.68 bits per heavy atom. The number of hydrazine groups is 1. The average Bonchev–Trinajstić information content (AvgIpc) is 2.77. The highest BCUT2D eigenvalue weighted by Crippen LogP contribution is 2.22. The van der Waals surface area contributed by atoms with Gasteiger partial charge in [-0.15, -0.1) is 0 Å². The maximum absolute atomic E-state index is 12.3. The van der Waals surface area contributed by atoms with Crippen LogP contribution in [0.3, 0.4) is 0 Å². The number of rotatable bonds is 5. The summed E-state index contributed by atoms with van der Waals surface area (Å²) in [7, 11) is 2.99. The molecular weight excluding hydrogens is 356 g/mol. The Morgan fingerprint density at radius 1 is 0.643 bits per heavy atom. The molecule has 28 heavy (non-hydrogen) atoms. The molecule has 0 unspecified atom stereocenters. The number of hydrogen-bond donors (Lipinski definition) is 2. The monoisotopic (exact) mass is 376 g/mol. The molecule has 3 aromatic carbocycles. The smallest absolute Gasteiger partial charge is 0.269 e. The van der Waals surface area contributed by atoms with Crippen LogP contribution in [0.15, 0.2) is 72.8 Å². The van der Waals surface area contributed by atoms with E-state index in [1.54, 1.807) is 30.3 Å². The molecular formula is C22H20N2O4. The Kier molecular flexibility index (Phi) is 5.91. The van der Waals surface area contributed by atoms with E-state index in [1.807, 2.05) is 42.5 Å². The van der Waals surface area contributed by atoms with E-state index >= 15 is 0 Å². The molecule has 0 aromatic heterocycles. The highest BCUT2D eigenvalue weighted by atomic mass is 16.5. The molecule has 6 nitrogen and oxygen atoms in total. The zero-order chi connectivity index (χ0) is 19.9. The van der Waals surface area contributed by atoms with Gasteiger partial charge in [-0.3, -0.25) is 20.4 Å². The summed E-state index contributed by atoms with van der Waals surface area (Å²) in [5, 5.41) is 0. The van der Waals surface area contributed by atoms with Gasteiger partial charge in [0, 0.05) is 17.2 Å². The summed E-state index contributed by atoms with van der Waals surface area (Å²) in [6.07, 6.45) is 0. The predicted octanol–water partition coefficient (Wildman–Crippen LogP) is 3.45. The first-order chi connectivity index (χ1) is 13.6. The third-order valence-corrected chi connectivity index (χ3v) is 4.16. The SMILES string of the molecule is COc1cc(OC)cc(C(=O)NNC(=O)c2ccc(-c3ccccc3)cc2)c1. The van der Waals surface area contributed by atoms with Crippen molar-refractivity contribution in [3.63, 3.8) is 0 Å². The number of nitrogens with one attached hydrogen (secondary N) is 2. The van der Waals surface area contributed by atoms with E-state index < -0.39 is 11.8 Å². The summed E-state index contributed by atoms with van der Waals surface area (Å²) in [5.74, 6) is 0.0638. The minimum absolute atomic E-state index is 0.302. The lowest BCUT2D eigenvalue weighted by Crippen LogP contribution is -2.41. The van der Waals surface area contributed by atoms with Crippen molar-refractivity contribution in [2.45, 2.75) is 0 Å². The van der Waals surface area contributed by atoms with E-state index in [0.29, 0.717) is 22.6 Å². The lowest BCUT2D eigenvalue weighted by atomic mass is 10.0. The minimum Gasteiger partial charge on any atom is -0.497 e. The van der Waals surface area contributed by atoms with Crippen molar-refractivity contribution in [2.24, 2.45) is 0 Å². The topological polar surface area (TPSA) is 76.7 Å². The summed E-state index contributed by atoms with van der Waals surface area (Å²) in [4.78, 5) is 24.6. The van der Waals surface area contributed by atoms with Gasteiger partial charge in [-0.2, -0.15) is 0 Å². The highest BCUT2D eigenvalue weighted by Gasteiger charge is 2.12. The van der Waals surface area contributed by atoms with Crippen LogP contribution in [0.4, 0.5) is 0 Å². The molecule has 0 heterocycles. The Balaban J connectivity index is 1.64. The molecule has 0 radical (unpaired) electrons. The maximum Gasteiger partial charge on any atom is 0.269 e. The van der Waals surface area contributed by atoms with Crippen molar-refractivity contribution >= 4 is 11.8 Å². The molecule has 2 N–H and O–H groups in total. The summed E-state index contributed by atoms with van der Waals surface area (Å²) >= 11 is 0. The van der Waals surface area contributed by atoms with Crippen LogP contribution in [0.2, 0.25) is 0 Å². The zero-order valence-corrected chi connectivity index (χ0v) is 15.6. The van der Waals surface area contributed by atoms with E-state index in [0.717, 1.165) is 11.1 Å². The molecule has 0 spiro atoms. The van der Waals surface area contributed by atoms with Crippen molar-refractivity contribution in [2.75, 3.05) is 14.2 Å². The Hall–Kier alpha value is -3.80. The third-order valence-electron chi connectivity index (χ3n) is 4.16. The van der Waals surface area contributed by atoms with Gasteiger partial charge in [-0.1, -0.05) is 42.5 Å². The third kappa shape index (κ3) is 4.48. The second kappa shape index (κ2) is 8.73. The number of carbonyl (C=O) groups excluding carboxylic acids is 2. The second-order valence-electron chi connectivity index (χ2n) is 5.95. The largest absolute Gasteiger partial charge is 0.497 e. The van der Waals surface area contributed by atoms with Gasteiger partial charge in [-0.25, -0.2) is 0 Å². The first kappa shape index (κ1) is 19.0. The molecule has 6 heteroatoms. The number of hydrogen-bond acceptors (Lipinski definition) is 4. The fraction of sp³-hybridized carbons (Fsp3) is 0.0909. The van der Waals surface area contributed by atoms with Crippen LogP contribution in [0.5, 0.6) is 11.5 Å². The Bertz CT molecular complexity index is 947. The summed E-state index contributed by atoms with van der Waals surface area (Å²) in [6, 6.07) is 21.8. The summed E-state index contributed by atoms with van der Waals surface area (Å²) in [5.41, 5.74) is 7.61. The summed E-state index contributed by atoms with van der Waals surface area (Å²) in [6.45, 7) is 0. The van der Waals surface area contributed by atoms with Crippen LogP contribution in [0, 0.1) is 0 Å². The van der Waals surface area contributed by atoms with Crippen LogP contribution in [-0.2, 0) is 0 Å². The van der Waals surface area contributed by atoms with Gasteiger partial charge in [0.25, 0.3) is 11.8 Å². The number of carbonyl (C=O) groups is 2. The van der Waals surface area contributed by atoms with Gasteiger partial charge in [0.1, 0.15) is 11.5 Å². The molecule has 142 valence electrons. The maximum atomic E-state index is 12.3. The molecule has 0 fully saturated rings. The standard InChI is InChI=1S/C22H20N2O4/c1-27-19-12-18(13-20(14-19)28-2)22(26)24-23-21(25)17-10-8-16(9-11-17)15-6-4-3-5-7-15/h3-14H,1-2H3,(H,23,25)(H,24,26). The van der Waals surface area contributed by atoms with Crippen molar-refractivity contribution < 1.29 is 19.1 Å². The molecule has 0 saturated carbocycles. The predicted molar refractivity (Wildman–Crippen MR) is 106 cm³/mol. The van der Waals surface area contributed by atoms with E-state index in [4.69, 9.17) is 9.47 Å². The molecule has 3 aromatic rings. The van der Waals surface area contributed by atoms with Crippen molar-refractivity contribution in [3.05, 3.63) is 83.9 Å². The van der Waals surface area contributed by atoms with Crippen molar-refractivity contribution in [3.8, 4) is 22.6 Å². The number of benzene rings is 3. The lowest BCUT2D eigenvalue weighted by Gasteiger charge is -2.10. The average molecular weight is 376 g/mol. The van der Waals surface area contributed by atoms with Gasteiger partial charge < -0.3 is 9.47 Å². The highest BCUT2D eigenvalue weighted by molar-refractivity contribution is 5.99. The summed E-state index contributed by atoms with van der Waals surface area (Å²) < 4.78 is 10.3. The normalized spacial score (nSPS) is 10.1. The molecule has 0 bridgehead atoms. The lowest BCUT2D eigenvalue weighted by molar-refractivity contribution is 0.0846. The fourth-order valence-electron chi connectivity index (χ4n) is 2.64. The van der Waals surface area contributed by atoms with Gasteiger partial charge in [0.15, 0.2) is 0 Å². The molecule has 0 aliphatic carbocycles. The Morgan fingerprint density at radius 2 is 1.14 bits per heavy atom. The molecule has 0 aliphatic heterocycles. The number of amides is 2. The first-order valence-corrected chi connectivity index (χ1v) is 8.60. The minimum atomic E-state index is -0.480. The molecule has 0 saturated heterocycles. The van der Waals surface area contributed by atoms with Crippen LogP contribution in [-0.4, -0.2) is 26.0 Å². The number of methoxy groups -OCH3 is 2. The van der Waals surface area contributed by atoms with Gasteiger partial charge in [-0.05, 0) is 35.4 Å². The van der Waals surface area contributed by atoms with Crippen LogP contribution < -0.4 is 20.3 Å². The molecule has 0 atom stereocenters. The van der Waals surface area contributed by atoms with Crippen molar-refractivity contribution in [1.82, 2.24) is 10.9 Å². The number of ether oxygens (including phenoxy) is 2. The van der Waals surface area contributed by atoms with E-state index in [-0.39, 0.29) is 0 Å². The van der Waals surface area contributed by atoms with Crippen LogP contribution >= 0.6 is 0 Å². The van der Waals surface area contributed by atoms with Crippen molar-refractivity contribution in [1.29, 1.82) is 0 Å². The van der Waals surface area contributed by atoms with E-state index in [9.17, 15) is 9.59 Å². The Labute approximate surface area is 163 Å². The first-order valence-electron chi connectivity index (χ1n) is 8.60. The quantitative estimate of drug-likeness (QED) is 0.669. The van der Waals surface area contributed by atoms with Gasteiger partial charge in [0.2, 0.25) is 0 Å². The second-order valence-corrected chi connectivity index (χ2v) is 5.95. The molecule has 2 amide bonds. The van der Waals surface area contributed by atoms with E-state index in [2.05, 4.69) is 10.9 Å². The zero-order valence-electron chi connectivity index (χ0n) is 15.6. The van der Waals surface area contributed by atoms with Gasteiger partial charge in [0.05, 0.1) is 14.2 Å². The molecule has 3 rings (SSSR count). The molecule has 0 aliphatic rings. The van der Waals surface area contributed by atoms with E-state index in [1.165, 1.54) is 14.2 Å². The fourth-order valence-corrected chi connectivity index (χ4v) is 2.64. The van der Waals surface area contributed by atoms with Crippen LogP contribution in [0.25, 0.3) is 11.1 Å². The van der Waals surface area contributed by atoms with Crippen LogP contribution in [0.1, 0.15) is 20.7 Å². The van der Waals surface area contributed by atoms with Gasteiger partial charge >= 0.3 is 0 Å².